The maximum Gasteiger partial charge on any atom is 0.329 e. The minimum atomic E-state index is -0.655. The molecule has 2 aliphatic heterocycles. The molecule has 0 saturated carbocycles. The second-order valence-corrected chi connectivity index (χ2v) is 7.37. The van der Waals surface area contributed by atoms with Gasteiger partial charge in [-0.1, -0.05) is 33.6 Å². The second kappa shape index (κ2) is 7.59. The highest BCUT2D eigenvalue weighted by atomic mass is 79.9. The average Bonchev–Trinajstić information content (AvgIpc) is 3.23. The van der Waals surface area contributed by atoms with E-state index in [0.717, 1.165) is 10.5 Å². The molecule has 148 valence electrons. The summed E-state index contributed by atoms with van der Waals surface area (Å²) in [7, 11) is 0. The number of anilines is 1. The molecule has 1 saturated heterocycles. The van der Waals surface area contributed by atoms with E-state index in [2.05, 4.69) is 26.6 Å². The third kappa shape index (κ3) is 3.95. The van der Waals surface area contributed by atoms with Gasteiger partial charge in [-0.3, -0.25) is 9.59 Å². The Kier molecular flexibility index (Phi) is 4.98. The molecule has 0 aromatic heterocycles. The molecule has 8 nitrogen and oxygen atoms in total. The molecule has 4 rings (SSSR count). The van der Waals surface area contributed by atoms with Crippen LogP contribution in [0.4, 0.5) is 10.5 Å². The summed E-state index contributed by atoms with van der Waals surface area (Å²) in [4.78, 5) is 37.9. The molecule has 0 bridgehead atoms. The summed E-state index contributed by atoms with van der Waals surface area (Å²) < 4.78 is 11.3. The maximum absolute atomic E-state index is 12.6. The Labute approximate surface area is 174 Å². The van der Waals surface area contributed by atoms with Crippen LogP contribution in [0.3, 0.4) is 0 Å². The minimum Gasteiger partial charge on any atom is -0.454 e. The molecule has 0 spiro atoms. The van der Waals surface area contributed by atoms with Crippen LogP contribution in [-0.4, -0.2) is 36.1 Å². The number of nitrogens with zero attached hydrogens (tertiary/aromatic N) is 1. The van der Waals surface area contributed by atoms with Crippen molar-refractivity contribution in [3.8, 4) is 11.5 Å². The number of aryl methyl sites for hydroxylation is 1. The van der Waals surface area contributed by atoms with Crippen molar-refractivity contribution in [2.24, 2.45) is 0 Å². The van der Waals surface area contributed by atoms with Crippen LogP contribution < -0.4 is 20.1 Å². The fraction of sp³-hybridized carbons (Fsp3) is 0.150. The van der Waals surface area contributed by atoms with Gasteiger partial charge in [-0.15, -0.1) is 0 Å². The molecule has 2 aliphatic rings. The van der Waals surface area contributed by atoms with E-state index in [9.17, 15) is 14.4 Å². The van der Waals surface area contributed by atoms with Crippen molar-refractivity contribution in [3.05, 3.63) is 57.7 Å². The lowest BCUT2D eigenvalue weighted by Gasteiger charge is -2.12. The van der Waals surface area contributed by atoms with Gasteiger partial charge in [-0.05, 0) is 42.8 Å². The van der Waals surface area contributed by atoms with Crippen molar-refractivity contribution in [1.82, 2.24) is 10.2 Å². The van der Waals surface area contributed by atoms with Crippen LogP contribution >= 0.6 is 15.9 Å². The predicted molar refractivity (Wildman–Crippen MR) is 108 cm³/mol. The number of nitrogens with one attached hydrogen (secondary N) is 2. The first-order valence-corrected chi connectivity index (χ1v) is 9.50. The number of ether oxygens (including phenoxy) is 2. The van der Waals surface area contributed by atoms with Gasteiger partial charge in [-0.25, -0.2) is 9.69 Å². The number of carbonyl (C=O) groups excluding carboxylic acids is 3. The van der Waals surface area contributed by atoms with E-state index < -0.39 is 24.4 Å². The monoisotopic (exact) mass is 457 g/mol. The van der Waals surface area contributed by atoms with Gasteiger partial charge in [0.25, 0.3) is 5.91 Å². The molecule has 29 heavy (non-hydrogen) atoms. The Morgan fingerprint density at radius 2 is 1.90 bits per heavy atom. The predicted octanol–water partition coefficient (Wildman–Crippen LogP) is 3.02. The zero-order valence-electron chi connectivity index (χ0n) is 15.3. The van der Waals surface area contributed by atoms with Crippen molar-refractivity contribution >= 4 is 45.5 Å². The van der Waals surface area contributed by atoms with E-state index in [0.29, 0.717) is 27.2 Å². The molecule has 0 radical (unpaired) electrons. The van der Waals surface area contributed by atoms with Gasteiger partial charge >= 0.3 is 6.03 Å². The molecule has 1 fully saturated rings. The molecule has 9 heteroatoms. The zero-order valence-corrected chi connectivity index (χ0v) is 16.9. The van der Waals surface area contributed by atoms with Gasteiger partial charge in [-0.2, -0.15) is 0 Å². The van der Waals surface area contributed by atoms with Crippen LogP contribution in [0, 0.1) is 6.92 Å². The molecule has 2 aromatic rings. The highest BCUT2D eigenvalue weighted by molar-refractivity contribution is 9.10. The number of hydrogen-bond acceptors (Lipinski definition) is 5. The summed E-state index contributed by atoms with van der Waals surface area (Å²) in [6, 6.07) is 9.98. The highest BCUT2D eigenvalue weighted by Crippen LogP contribution is 2.37. The number of hydrogen-bond donors (Lipinski definition) is 2. The van der Waals surface area contributed by atoms with Crippen LogP contribution in [0.15, 0.2) is 46.6 Å². The van der Waals surface area contributed by atoms with Gasteiger partial charge in [0.1, 0.15) is 12.2 Å². The summed E-state index contributed by atoms with van der Waals surface area (Å²) in [6.45, 7) is 1.67. The summed E-state index contributed by atoms with van der Waals surface area (Å²) in [5.41, 5.74) is 2.34. The molecule has 2 aromatic carbocycles. The summed E-state index contributed by atoms with van der Waals surface area (Å²) in [5.74, 6) is 0.0860. The Bertz CT molecular complexity index is 1050. The fourth-order valence-electron chi connectivity index (χ4n) is 2.90. The van der Waals surface area contributed by atoms with Gasteiger partial charge < -0.3 is 20.1 Å². The third-order valence-corrected chi connectivity index (χ3v) is 5.08. The SMILES string of the molecule is Cc1ccc(NC(=O)CN2C(=O)N/C(=C\c3cc4c(cc3Br)OCO4)C2=O)cc1. The number of rotatable bonds is 4. The Hall–Kier alpha value is -3.33. The number of carbonyl (C=O) groups is 3. The van der Waals surface area contributed by atoms with Crippen LogP contribution in [0.5, 0.6) is 11.5 Å². The minimum absolute atomic E-state index is 0.0673. The Morgan fingerprint density at radius 3 is 2.62 bits per heavy atom. The van der Waals surface area contributed by atoms with E-state index >= 15 is 0 Å². The maximum atomic E-state index is 12.6. The van der Waals surface area contributed by atoms with Crippen LogP contribution in [-0.2, 0) is 9.59 Å². The topological polar surface area (TPSA) is 97.0 Å². The molecule has 2 N–H and O–H groups in total. The third-order valence-electron chi connectivity index (χ3n) is 4.39. The highest BCUT2D eigenvalue weighted by Gasteiger charge is 2.35. The zero-order chi connectivity index (χ0) is 20.5. The van der Waals surface area contributed by atoms with Gasteiger partial charge in [0, 0.05) is 10.2 Å². The lowest BCUT2D eigenvalue weighted by atomic mass is 10.1. The number of halogens is 1. The lowest BCUT2D eigenvalue weighted by Crippen LogP contribution is -2.38. The number of urea groups is 1. The summed E-state index contributed by atoms with van der Waals surface area (Å²) >= 11 is 3.41. The Morgan fingerprint density at radius 1 is 1.21 bits per heavy atom. The first-order valence-electron chi connectivity index (χ1n) is 8.71. The van der Waals surface area contributed by atoms with E-state index in [1.807, 2.05) is 19.1 Å². The average molecular weight is 458 g/mol. The van der Waals surface area contributed by atoms with Gasteiger partial charge in [0.05, 0.1) is 0 Å². The number of benzene rings is 2. The Balaban J connectivity index is 1.48. The fourth-order valence-corrected chi connectivity index (χ4v) is 3.33. The number of imide groups is 1. The van der Waals surface area contributed by atoms with E-state index in [-0.39, 0.29) is 12.5 Å². The van der Waals surface area contributed by atoms with Crippen molar-refractivity contribution in [2.75, 3.05) is 18.7 Å². The molecular formula is C20H16BrN3O5. The largest absolute Gasteiger partial charge is 0.454 e. The quantitative estimate of drug-likeness (QED) is 0.543. The van der Waals surface area contributed by atoms with Gasteiger partial charge in [0.2, 0.25) is 12.7 Å². The first-order chi connectivity index (χ1) is 13.9. The lowest BCUT2D eigenvalue weighted by molar-refractivity contribution is -0.127. The number of amides is 4. The summed E-state index contributed by atoms with van der Waals surface area (Å²) in [5, 5.41) is 5.17. The molecule has 2 heterocycles. The summed E-state index contributed by atoms with van der Waals surface area (Å²) in [6.07, 6.45) is 1.52. The molecule has 0 aliphatic carbocycles. The smallest absolute Gasteiger partial charge is 0.329 e. The standard InChI is InChI=1S/C20H16BrN3O5/c1-11-2-4-13(5-3-11)22-18(25)9-24-19(26)15(23-20(24)27)6-12-7-16-17(8-14(12)21)29-10-28-16/h2-8H,9-10H2,1H3,(H,22,25)(H,23,27)/b15-6-. The van der Waals surface area contributed by atoms with Crippen LogP contribution in [0.25, 0.3) is 6.08 Å². The van der Waals surface area contributed by atoms with Crippen LogP contribution in [0.2, 0.25) is 0 Å². The number of fused-ring (bicyclic) bond motifs is 1. The van der Waals surface area contributed by atoms with Crippen molar-refractivity contribution in [2.45, 2.75) is 6.92 Å². The molecular weight excluding hydrogens is 442 g/mol. The van der Waals surface area contributed by atoms with Crippen molar-refractivity contribution < 1.29 is 23.9 Å². The van der Waals surface area contributed by atoms with Crippen LogP contribution in [0.1, 0.15) is 11.1 Å². The van der Waals surface area contributed by atoms with E-state index in [1.165, 1.54) is 6.08 Å². The normalized spacial score (nSPS) is 16.3. The van der Waals surface area contributed by atoms with Crippen molar-refractivity contribution in [3.63, 3.8) is 0 Å². The van der Waals surface area contributed by atoms with E-state index in [1.54, 1.807) is 24.3 Å². The molecule has 0 atom stereocenters. The van der Waals surface area contributed by atoms with E-state index in [4.69, 9.17) is 9.47 Å². The molecule has 4 amide bonds. The molecule has 0 unspecified atom stereocenters. The first kappa shape index (κ1) is 19.0. The van der Waals surface area contributed by atoms with Gasteiger partial charge in [0.15, 0.2) is 11.5 Å². The van der Waals surface area contributed by atoms with Crippen molar-refractivity contribution in [1.29, 1.82) is 0 Å². The second-order valence-electron chi connectivity index (χ2n) is 6.52.